The molecule has 0 aromatic heterocycles. The van der Waals surface area contributed by atoms with Crippen molar-refractivity contribution in [3.05, 3.63) is 34.1 Å². The third-order valence-corrected chi connectivity index (χ3v) is 3.95. The van der Waals surface area contributed by atoms with Gasteiger partial charge in [-0.15, -0.1) is 12.4 Å². The van der Waals surface area contributed by atoms with Gasteiger partial charge in [0, 0.05) is 32.2 Å². The first-order valence-corrected chi connectivity index (χ1v) is 6.97. The van der Waals surface area contributed by atoms with Gasteiger partial charge in [0.2, 0.25) is 0 Å². The Kier molecular flexibility index (Phi) is 7.21. The van der Waals surface area contributed by atoms with Crippen LogP contribution in [0.3, 0.4) is 0 Å². The normalized spacial score (nSPS) is 17.8. The second-order valence-corrected chi connectivity index (χ2v) is 5.31. The van der Waals surface area contributed by atoms with E-state index in [1.807, 2.05) is 6.07 Å². The Hall–Kier alpha value is -0.230. The number of halogens is 4. The topological polar surface area (TPSA) is 15.3 Å². The highest BCUT2D eigenvalue weighted by Gasteiger charge is 2.22. The average Bonchev–Trinajstić information content (AvgIpc) is 2.40. The molecule has 1 fully saturated rings. The Labute approximate surface area is 127 Å². The summed E-state index contributed by atoms with van der Waals surface area (Å²) >= 11 is 3.14. The molecule has 0 unspecified atom stereocenters. The van der Waals surface area contributed by atoms with Crippen LogP contribution in [0.5, 0.6) is 0 Å². The number of alkyl halides is 1. The van der Waals surface area contributed by atoms with Gasteiger partial charge in [-0.1, -0.05) is 6.07 Å². The molecule has 0 saturated carbocycles. The molecule has 1 aromatic carbocycles. The van der Waals surface area contributed by atoms with Gasteiger partial charge >= 0.3 is 0 Å². The standard InChI is InChI=1S/C13H17BrF2N2.ClH/c14-11-2-1-10(9-12(11)16)13(3-4-15)18-7-5-17-6-8-18;/h1-2,9,13,17H,3-8H2;1H/t13-;/m1./s1. The molecule has 0 spiro atoms. The molecule has 1 N–H and O–H groups in total. The minimum atomic E-state index is -0.383. The van der Waals surface area contributed by atoms with Crippen LogP contribution in [0, 0.1) is 5.82 Å². The van der Waals surface area contributed by atoms with Crippen molar-refractivity contribution in [1.29, 1.82) is 0 Å². The Balaban J connectivity index is 0.00000180. The molecule has 0 aliphatic carbocycles. The molecule has 1 aromatic rings. The molecule has 1 aliphatic rings. The molecular weight excluding hydrogens is 338 g/mol. The van der Waals surface area contributed by atoms with Crippen LogP contribution in [0.25, 0.3) is 0 Å². The Morgan fingerprint density at radius 1 is 1.32 bits per heavy atom. The molecule has 0 bridgehead atoms. The lowest BCUT2D eigenvalue weighted by molar-refractivity contribution is 0.157. The van der Waals surface area contributed by atoms with E-state index in [0.717, 1.165) is 31.7 Å². The first-order chi connectivity index (χ1) is 8.72. The summed E-state index contributed by atoms with van der Waals surface area (Å²) in [5.74, 6) is -0.286. The predicted molar refractivity (Wildman–Crippen MR) is 79.1 cm³/mol. The summed E-state index contributed by atoms with van der Waals surface area (Å²) in [6.45, 7) is 3.18. The predicted octanol–water partition coefficient (Wildman–Crippen LogP) is 3.32. The highest BCUT2D eigenvalue weighted by atomic mass is 79.9. The van der Waals surface area contributed by atoms with Gasteiger partial charge in [-0.2, -0.15) is 0 Å². The first-order valence-electron chi connectivity index (χ1n) is 6.18. The number of hydrogen-bond donors (Lipinski definition) is 1. The number of rotatable bonds is 4. The van der Waals surface area contributed by atoms with E-state index in [1.54, 1.807) is 6.07 Å². The minimum absolute atomic E-state index is 0. The zero-order valence-corrected chi connectivity index (χ0v) is 12.9. The molecule has 19 heavy (non-hydrogen) atoms. The minimum Gasteiger partial charge on any atom is -0.314 e. The van der Waals surface area contributed by atoms with Crippen LogP contribution < -0.4 is 5.32 Å². The Bertz CT molecular complexity index is 400. The number of hydrogen-bond acceptors (Lipinski definition) is 2. The molecule has 1 aliphatic heterocycles. The maximum atomic E-state index is 13.6. The smallest absolute Gasteiger partial charge is 0.137 e. The first kappa shape index (κ1) is 16.8. The SMILES string of the molecule is Cl.FCC[C@H](c1ccc(Br)c(F)c1)N1CCNCC1. The van der Waals surface area contributed by atoms with Crippen molar-refractivity contribution in [2.75, 3.05) is 32.9 Å². The molecular formula is C13H18BrClF2N2. The quantitative estimate of drug-likeness (QED) is 0.891. The summed E-state index contributed by atoms with van der Waals surface area (Å²) in [4.78, 5) is 2.22. The van der Waals surface area contributed by atoms with E-state index in [2.05, 4.69) is 26.1 Å². The molecule has 108 valence electrons. The van der Waals surface area contributed by atoms with Crippen molar-refractivity contribution in [2.24, 2.45) is 0 Å². The van der Waals surface area contributed by atoms with Gasteiger partial charge in [0.15, 0.2) is 0 Å². The van der Waals surface area contributed by atoms with E-state index >= 15 is 0 Å². The van der Waals surface area contributed by atoms with Crippen LogP contribution in [0.4, 0.5) is 8.78 Å². The van der Waals surface area contributed by atoms with Gasteiger partial charge in [0.05, 0.1) is 11.1 Å². The Morgan fingerprint density at radius 3 is 2.58 bits per heavy atom. The monoisotopic (exact) mass is 354 g/mol. The molecule has 2 nitrogen and oxygen atoms in total. The fraction of sp³-hybridized carbons (Fsp3) is 0.538. The fourth-order valence-corrected chi connectivity index (χ4v) is 2.62. The highest BCUT2D eigenvalue weighted by molar-refractivity contribution is 9.10. The van der Waals surface area contributed by atoms with Gasteiger partial charge < -0.3 is 5.32 Å². The average molecular weight is 356 g/mol. The maximum Gasteiger partial charge on any atom is 0.137 e. The van der Waals surface area contributed by atoms with E-state index in [4.69, 9.17) is 0 Å². The summed E-state index contributed by atoms with van der Waals surface area (Å²) in [6, 6.07) is 5.04. The van der Waals surface area contributed by atoms with Crippen LogP contribution in [-0.2, 0) is 0 Å². The summed E-state index contributed by atoms with van der Waals surface area (Å²) < 4.78 is 26.7. The van der Waals surface area contributed by atoms with Gasteiger partial charge in [-0.3, -0.25) is 9.29 Å². The number of benzene rings is 1. The highest BCUT2D eigenvalue weighted by Crippen LogP contribution is 2.27. The number of nitrogens with one attached hydrogen (secondary N) is 1. The van der Waals surface area contributed by atoms with Crippen molar-refractivity contribution < 1.29 is 8.78 Å². The second-order valence-electron chi connectivity index (χ2n) is 4.45. The van der Waals surface area contributed by atoms with Crippen LogP contribution in [-0.4, -0.2) is 37.8 Å². The number of nitrogens with zero attached hydrogens (tertiary/aromatic N) is 1. The van der Waals surface area contributed by atoms with Crippen molar-refractivity contribution in [3.63, 3.8) is 0 Å². The zero-order valence-electron chi connectivity index (χ0n) is 10.5. The third-order valence-electron chi connectivity index (χ3n) is 3.30. The molecule has 0 amide bonds. The molecule has 1 saturated heterocycles. The number of piperazine rings is 1. The summed E-state index contributed by atoms with van der Waals surface area (Å²) in [7, 11) is 0. The van der Waals surface area contributed by atoms with Crippen molar-refractivity contribution in [2.45, 2.75) is 12.5 Å². The molecule has 2 rings (SSSR count). The van der Waals surface area contributed by atoms with E-state index in [-0.39, 0.29) is 30.9 Å². The third kappa shape index (κ3) is 4.38. The maximum absolute atomic E-state index is 13.6. The van der Waals surface area contributed by atoms with Crippen LogP contribution in [0.2, 0.25) is 0 Å². The van der Waals surface area contributed by atoms with Gasteiger partial charge in [0.25, 0.3) is 0 Å². The lowest BCUT2D eigenvalue weighted by Gasteiger charge is -2.35. The summed E-state index contributed by atoms with van der Waals surface area (Å²) in [6.07, 6.45) is 0.418. The van der Waals surface area contributed by atoms with E-state index in [1.165, 1.54) is 6.07 Å². The molecule has 0 radical (unpaired) electrons. The van der Waals surface area contributed by atoms with Crippen LogP contribution in [0.15, 0.2) is 22.7 Å². The van der Waals surface area contributed by atoms with Crippen molar-refractivity contribution >= 4 is 28.3 Å². The van der Waals surface area contributed by atoms with Crippen LogP contribution >= 0.6 is 28.3 Å². The van der Waals surface area contributed by atoms with Crippen molar-refractivity contribution in [1.82, 2.24) is 10.2 Å². The van der Waals surface area contributed by atoms with Gasteiger partial charge in [-0.05, 0) is 40.0 Å². The molecule has 1 heterocycles. The van der Waals surface area contributed by atoms with E-state index in [9.17, 15) is 8.78 Å². The largest absolute Gasteiger partial charge is 0.314 e. The van der Waals surface area contributed by atoms with Crippen LogP contribution in [0.1, 0.15) is 18.0 Å². The summed E-state index contributed by atoms with van der Waals surface area (Å²) in [5.41, 5.74) is 0.857. The van der Waals surface area contributed by atoms with Crippen molar-refractivity contribution in [3.8, 4) is 0 Å². The molecule has 1 atom stereocenters. The van der Waals surface area contributed by atoms with E-state index < -0.39 is 0 Å². The molecule has 6 heteroatoms. The lowest BCUT2D eigenvalue weighted by atomic mass is 10.0. The van der Waals surface area contributed by atoms with Gasteiger partial charge in [-0.25, -0.2) is 4.39 Å². The lowest BCUT2D eigenvalue weighted by Crippen LogP contribution is -2.45. The zero-order chi connectivity index (χ0) is 13.0. The Morgan fingerprint density at radius 2 is 2.00 bits per heavy atom. The second kappa shape index (κ2) is 8.15. The van der Waals surface area contributed by atoms with Gasteiger partial charge in [0.1, 0.15) is 5.82 Å². The fourth-order valence-electron chi connectivity index (χ4n) is 2.38. The summed E-state index contributed by atoms with van der Waals surface area (Å²) in [5, 5.41) is 3.27. The van der Waals surface area contributed by atoms with E-state index in [0.29, 0.717) is 10.9 Å².